The summed E-state index contributed by atoms with van der Waals surface area (Å²) in [6, 6.07) is 5.24. The minimum Gasteiger partial charge on any atom is -0.378 e. The molecule has 0 saturated carbocycles. The fourth-order valence-electron chi connectivity index (χ4n) is 2.76. The lowest BCUT2D eigenvalue weighted by molar-refractivity contribution is 0.0258. The van der Waals surface area contributed by atoms with Gasteiger partial charge in [0.1, 0.15) is 5.82 Å². The van der Waals surface area contributed by atoms with Crippen LogP contribution in [-0.4, -0.2) is 51.3 Å². The summed E-state index contributed by atoms with van der Waals surface area (Å²) in [4.78, 5) is 6.21. The predicted molar refractivity (Wildman–Crippen MR) is 107 cm³/mol. The van der Waals surface area contributed by atoms with Gasteiger partial charge in [-0.05, 0) is 51.1 Å². The number of halogens is 1. The number of aliphatic imine (C=N–C) groups is 1. The summed E-state index contributed by atoms with van der Waals surface area (Å²) in [6.07, 6.45) is 1.17. The van der Waals surface area contributed by atoms with E-state index in [2.05, 4.69) is 29.5 Å². The molecule has 0 aromatic heterocycles. The third kappa shape index (κ3) is 8.15. The number of rotatable bonds is 10. The highest BCUT2D eigenvalue weighted by Crippen LogP contribution is 2.12. The van der Waals surface area contributed by atoms with Gasteiger partial charge in [-0.2, -0.15) is 0 Å². The molecule has 148 valence electrons. The van der Waals surface area contributed by atoms with Crippen molar-refractivity contribution in [3.05, 3.63) is 35.1 Å². The van der Waals surface area contributed by atoms with E-state index in [1.807, 2.05) is 32.0 Å². The Morgan fingerprint density at radius 1 is 1.27 bits per heavy atom. The fourth-order valence-corrected chi connectivity index (χ4v) is 2.76. The number of nitrogens with zero attached hydrogens (tertiary/aromatic N) is 2. The van der Waals surface area contributed by atoms with Crippen molar-refractivity contribution in [1.82, 2.24) is 15.5 Å². The van der Waals surface area contributed by atoms with Gasteiger partial charge in [0.15, 0.2) is 5.96 Å². The summed E-state index contributed by atoms with van der Waals surface area (Å²) in [6.45, 7) is 9.07. The van der Waals surface area contributed by atoms with E-state index < -0.39 is 0 Å². The third-order valence-corrected chi connectivity index (χ3v) is 4.13. The second-order valence-electron chi connectivity index (χ2n) is 7.04. The predicted octanol–water partition coefficient (Wildman–Crippen LogP) is 3.00. The molecule has 1 unspecified atom stereocenters. The van der Waals surface area contributed by atoms with Crippen LogP contribution in [0, 0.1) is 11.7 Å². The zero-order valence-electron chi connectivity index (χ0n) is 17.1. The lowest BCUT2D eigenvalue weighted by Crippen LogP contribution is -2.39. The Morgan fingerprint density at radius 3 is 2.58 bits per heavy atom. The normalized spacial score (nSPS) is 13.3. The molecule has 1 aromatic rings. The van der Waals surface area contributed by atoms with Gasteiger partial charge in [0.2, 0.25) is 0 Å². The van der Waals surface area contributed by atoms with E-state index in [0.29, 0.717) is 24.6 Å². The van der Waals surface area contributed by atoms with Crippen LogP contribution < -0.4 is 10.6 Å². The van der Waals surface area contributed by atoms with Crippen LogP contribution in [0.4, 0.5) is 4.39 Å². The van der Waals surface area contributed by atoms with E-state index in [1.165, 1.54) is 6.07 Å². The first-order valence-corrected chi connectivity index (χ1v) is 9.35. The first kappa shape index (κ1) is 22.4. The maximum absolute atomic E-state index is 13.9. The van der Waals surface area contributed by atoms with Crippen LogP contribution in [0.3, 0.4) is 0 Å². The summed E-state index contributed by atoms with van der Waals surface area (Å²) in [7, 11) is 5.62. The van der Waals surface area contributed by atoms with E-state index in [-0.39, 0.29) is 11.9 Å². The minimum absolute atomic E-state index is 0.166. The molecule has 0 aliphatic rings. The Bertz CT molecular complexity index is 561. The molecule has 26 heavy (non-hydrogen) atoms. The number of nitrogens with one attached hydrogen (secondary N) is 2. The smallest absolute Gasteiger partial charge is 0.191 e. The SMILES string of the molecule is CCOC(CCNC(=NC)NCc1ccc(F)c(CN(C)C)c1)C(C)C. The molecule has 5 nitrogen and oxygen atoms in total. The highest BCUT2D eigenvalue weighted by molar-refractivity contribution is 5.79. The standard InChI is InChI=1S/C20H35FN4O/c1-7-26-19(15(2)3)10-11-23-20(22-4)24-13-16-8-9-18(21)17(12-16)14-25(5)6/h8-9,12,15,19H,7,10-11,13-14H2,1-6H3,(H2,22,23,24). The van der Waals surface area contributed by atoms with Crippen molar-refractivity contribution in [2.45, 2.75) is 46.4 Å². The lowest BCUT2D eigenvalue weighted by Gasteiger charge is -2.21. The molecule has 1 rings (SSSR count). The van der Waals surface area contributed by atoms with Gasteiger partial charge in [0.05, 0.1) is 6.10 Å². The van der Waals surface area contributed by atoms with Crippen LogP contribution in [0.25, 0.3) is 0 Å². The lowest BCUT2D eigenvalue weighted by atomic mass is 10.0. The van der Waals surface area contributed by atoms with Gasteiger partial charge in [0, 0.05) is 38.9 Å². The molecular weight excluding hydrogens is 331 g/mol. The van der Waals surface area contributed by atoms with Gasteiger partial charge < -0.3 is 20.3 Å². The summed E-state index contributed by atoms with van der Waals surface area (Å²) in [5.41, 5.74) is 1.73. The zero-order valence-corrected chi connectivity index (χ0v) is 17.1. The molecule has 0 heterocycles. The molecule has 0 radical (unpaired) electrons. The van der Waals surface area contributed by atoms with Gasteiger partial charge in [0.25, 0.3) is 0 Å². The topological polar surface area (TPSA) is 48.9 Å². The Labute approximate surface area is 158 Å². The third-order valence-electron chi connectivity index (χ3n) is 4.13. The van der Waals surface area contributed by atoms with Gasteiger partial charge in [-0.25, -0.2) is 4.39 Å². The fraction of sp³-hybridized carbons (Fsp3) is 0.650. The molecule has 0 amide bonds. The van der Waals surface area contributed by atoms with Crippen molar-refractivity contribution < 1.29 is 9.13 Å². The summed E-state index contributed by atoms with van der Waals surface area (Å²) < 4.78 is 19.6. The van der Waals surface area contributed by atoms with E-state index in [0.717, 1.165) is 31.1 Å². The van der Waals surface area contributed by atoms with Crippen molar-refractivity contribution in [3.63, 3.8) is 0 Å². The van der Waals surface area contributed by atoms with Crippen molar-refractivity contribution >= 4 is 5.96 Å². The van der Waals surface area contributed by atoms with Gasteiger partial charge in [-0.15, -0.1) is 0 Å². The Kier molecular flexibility index (Phi) is 10.2. The van der Waals surface area contributed by atoms with E-state index in [1.54, 1.807) is 13.1 Å². The summed E-state index contributed by atoms with van der Waals surface area (Å²) in [5, 5.41) is 6.60. The van der Waals surface area contributed by atoms with Crippen LogP contribution in [0.15, 0.2) is 23.2 Å². The van der Waals surface area contributed by atoms with Crippen molar-refractivity contribution in [2.24, 2.45) is 10.9 Å². The molecule has 0 saturated heterocycles. The molecule has 0 fully saturated rings. The summed E-state index contributed by atoms with van der Waals surface area (Å²) in [5.74, 6) is 1.06. The van der Waals surface area contributed by atoms with Gasteiger partial charge >= 0.3 is 0 Å². The van der Waals surface area contributed by atoms with E-state index >= 15 is 0 Å². The zero-order chi connectivity index (χ0) is 19.5. The molecule has 1 atom stereocenters. The summed E-state index contributed by atoms with van der Waals surface area (Å²) >= 11 is 0. The minimum atomic E-state index is -0.166. The number of guanidine groups is 1. The first-order chi connectivity index (χ1) is 12.4. The van der Waals surface area contributed by atoms with Gasteiger partial charge in [-0.3, -0.25) is 4.99 Å². The molecule has 0 aliphatic carbocycles. The highest BCUT2D eigenvalue weighted by atomic mass is 19.1. The average Bonchev–Trinajstić information content (AvgIpc) is 2.58. The van der Waals surface area contributed by atoms with Gasteiger partial charge in [-0.1, -0.05) is 19.9 Å². The quantitative estimate of drug-likeness (QED) is 0.494. The Balaban J connectivity index is 2.51. The van der Waals surface area contributed by atoms with Crippen LogP contribution >= 0.6 is 0 Å². The second kappa shape index (κ2) is 11.9. The van der Waals surface area contributed by atoms with Crippen molar-refractivity contribution in [1.29, 1.82) is 0 Å². The Hall–Kier alpha value is -1.66. The molecule has 6 heteroatoms. The highest BCUT2D eigenvalue weighted by Gasteiger charge is 2.13. The maximum Gasteiger partial charge on any atom is 0.191 e. The number of hydrogen-bond donors (Lipinski definition) is 2. The molecule has 0 spiro atoms. The molecule has 1 aromatic carbocycles. The van der Waals surface area contributed by atoms with Crippen LogP contribution in [0.1, 0.15) is 38.3 Å². The largest absolute Gasteiger partial charge is 0.378 e. The van der Waals surface area contributed by atoms with Crippen LogP contribution in [-0.2, 0) is 17.8 Å². The molecule has 2 N–H and O–H groups in total. The average molecular weight is 367 g/mol. The number of ether oxygens (including phenoxy) is 1. The second-order valence-corrected chi connectivity index (χ2v) is 7.04. The Morgan fingerprint density at radius 2 is 2.00 bits per heavy atom. The first-order valence-electron chi connectivity index (χ1n) is 9.35. The molecule has 0 aliphatic heterocycles. The van der Waals surface area contributed by atoms with Crippen molar-refractivity contribution in [3.8, 4) is 0 Å². The van der Waals surface area contributed by atoms with Crippen LogP contribution in [0.5, 0.6) is 0 Å². The molecular formula is C20H35FN4O. The maximum atomic E-state index is 13.9. The van der Waals surface area contributed by atoms with E-state index in [9.17, 15) is 4.39 Å². The molecule has 0 bridgehead atoms. The number of hydrogen-bond acceptors (Lipinski definition) is 3. The van der Waals surface area contributed by atoms with Crippen molar-refractivity contribution in [2.75, 3.05) is 34.3 Å². The monoisotopic (exact) mass is 366 g/mol. The van der Waals surface area contributed by atoms with Crippen LogP contribution in [0.2, 0.25) is 0 Å². The van der Waals surface area contributed by atoms with E-state index in [4.69, 9.17) is 4.74 Å². The number of benzene rings is 1.